The van der Waals surface area contributed by atoms with E-state index in [1.165, 1.54) is 0 Å². The average molecular weight is 229 g/mol. The minimum atomic E-state index is -1.21. The number of rotatable bonds is 3. The average Bonchev–Trinajstić information content (AvgIpc) is 2.27. The van der Waals surface area contributed by atoms with Gasteiger partial charge in [-0.1, -0.05) is 30.3 Å². The molecule has 0 aliphatic carbocycles. The van der Waals surface area contributed by atoms with Gasteiger partial charge in [-0.3, -0.25) is 0 Å². The number of carboxylic acids is 1. The molecule has 0 aromatic heterocycles. The van der Waals surface area contributed by atoms with Gasteiger partial charge < -0.3 is 14.6 Å². The van der Waals surface area contributed by atoms with E-state index in [0.717, 1.165) is 5.39 Å². The van der Waals surface area contributed by atoms with Crippen LogP contribution in [0, 0.1) is 0 Å². The van der Waals surface area contributed by atoms with Gasteiger partial charge in [-0.15, -0.1) is 0 Å². The molecule has 2 rings (SSSR count). The summed E-state index contributed by atoms with van der Waals surface area (Å²) in [6.07, 6.45) is -0.0748. The number of hydrogen-bond acceptors (Lipinski definition) is 3. The second kappa shape index (κ2) is 4.45. The van der Waals surface area contributed by atoms with Gasteiger partial charge in [0.25, 0.3) is 0 Å². The first-order valence-corrected chi connectivity index (χ1v) is 5.49. The molecule has 0 amide bonds. The second-order valence-electron chi connectivity index (χ2n) is 4.11. The number of carbonyl (C=O) groups excluding carboxylic acids is 1. The Morgan fingerprint density at radius 2 is 1.88 bits per heavy atom. The van der Waals surface area contributed by atoms with Crippen LogP contribution in [0.4, 0.5) is 0 Å². The normalized spacial score (nSPS) is 10.8. The van der Waals surface area contributed by atoms with Crippen LogP contribution in [-0.2, 0) is 0 Å². The van der Waals surface area contributed by atoms with Gasteiger partial charge in [0.05, 0.1) is 12.1 Å². The van der Waals surface area contributed by atoms with E-state index in [2.05, 4.69) is 0 Å². The highest BCUT2D eigenvalue weighted by atomic mass is 16.5. The summed E-state index contributed by atoms with van der Waals surface area (Å²) in [5, 5.41) is 12.7. The molecule has 0 aliphatic rings. The lowest BCUT2D eigenvalue weighted by Crippen LogP contribution is -2.24. The van der Waals surface area contributed by atoms with Crippen molar-refractivity contribution in [1.29, 1.82) is 0 Å². The Balaban J connectivity index is 2.68. The van der Waals surface area contributed by atoms with Crippen molar-refractivity contribution in [3.63, 3.8) is 0 Å². The molecule has 2 aromatic carbocycles. The topological polar surface area (TPSA) is 49.4 Å². The first kappa shape index (κ1) is 11.5. The monoisotopic (exact) mass is 229 g/mol. The summed E-state index contributed by atoms with van der Waals surface area (Å²) < 4.78 is 5.49. The predicted octanol–water partition coefficient (Wildman–Crippen LogP) is 1.99. The molecule has 0 aliphatic heterocycles. The Bertz CT molecular complexity index is 558. The largest absolute Gasteiger partial charge is 0.545 e. The fraction of sp³-hybridized carbons (Fsp3) is 0.214. The number of benzene rings is 2. The minimum absolute atomic E-state index is 0.0748. The molecule has 0 radical (unpaired) electrons. The third-order valence-electron chi connectivity index (χ3n) is 2.46. The number of fused-ring (bicyclic) bond motifs is 1. The Morgan fingerprint density at radius 1 is 1.18 bits per heavy atom. The zero-order valence-corrected chi connectivity index (χ0v) is 9.77. The lowest BCUT2D eigenvalue weighted by atomic mass is 10.0. The van der Waals surface area contributed by atoms with Crippen molar-refractivity contribution in [3.05, 3.63) is 42.0 Å². The third kappa shape index (κ3) is 2.23. The molecule has 17 heavy (non-hydrogen) atoms. The summed E-state index contributed by atoms with van der Waals surface area (Å²) in [5.74, 6) is -0.851. The summed E-state index contributed by atoms with van der Waals surface area (Å²) in [7, 11) is 0. The fourth-order valence-corrected chi connectivity index (χ4v) is 1.81. The van der Waals surface area contributed by atoms with E-state index in [4.69, 9.17) is 4.74 Å². The van der Waals surface area contributed by atoms with Crippen molar-refractivity contribution < 1.29 is 14.6 Å². The van der Waals surface area contributed by atoms with Crippen LogP contribution in [0.1, 0.15) is 24.2 Å². The van der Waals surface area contributed by atoms with Crippen molar-refractivity contribution in [1.82, 2.24) is 0 Å². The lowest BCUT2D eigenvalue weighted by molar-refractivity contribution is -0.254. The van der Waals surface area contributed by atoms with E-state index < -0.39 is 5.97 Å². The quantitative estimate of drug-likeness (QED) is 0.808. The smallest absolute Gasteiger partial charge is 0.129 e. The minimum Gasteiger partial charge on any atom is -0.545 e. The van der Waals surface area contributed by atoms with Gasteiger partial charge in [0.15, 0.2) is 0 Å². The molecule has 0 heterocycles. The molecule has 0 bridgehead atoms. The molecule has 88 valence electrons. The van der Waals surface area contributed by atoms with E-state index >= 15 is 0 Å². The second-order valence-corrected chi connectivity index (χ2v) is 4.11. The van der Waals surface area contributed by atoms with Gasteiger partial charge in [0.2, 0.25) is 0 Å². The maximum atomic E-state index is 11.2. The SMILES string of the molecule is CC(C)Oc1ccc2ccccc2c1C(=O)[O-]. The molecule has 0 saturated heterocycles. The summed E-state index contributed by atoms with van der Waals surface area (Å²) in [4.78, 5) is 11.2. The van der Waals surface area contributed by atoms with Crippen LogP contribution in [0.5, 0.6) is 5.75 Å². The first-order valence-electron chi connectivity index (χ1n) is 5.49. The van der Waals surface area contributed by atoms with Gasteiger partial charge in [0.1, 0.15) is 5.75 Å². The van der Waals surface area contributed by atoms with Crippen molar-refractivity contribution in [2.24, 2.45) is 0 Å². The van der Waals surface area contributed by atoms with Crippen LogP contribution in [0.15, 0.2) is 36.4 Å². The number of hydrogen-bond donors (Lipinski definition) is 0. The van der Waals surface area contributed by atoms with Gasteiger partial charge in [-0.25, -0.2) is 0 Å². The predicted molar refractivity (Wildman–Crippen MR) is 64.0 cm³/mol. The summed E-state index contributed by atoms with van der Waals surface area (Å²) in [6.45, 7) is 3.71. The van der Waals surface area contributed by atoms with E-state index in [0.29, 0.717) is 11.1 Å². The molecule has 3 heteroatoms. The molecule has 2 aromatic rings. The van der Waals surface area contributed by atoms with Crippen LogP contribution < -0.4 is 9.84 Å². The van der Waals surface area contributed by atoms with E-state index in [-0.39, 0.29) is 11.7 Å². The van der Waals surface area contributed by atoms with E-state index in [1.807, 2.05) is 32.0 Å². The van der Waals surface area contributed by atoms with Crippen LogP contribution in [0.2, 0.25) is 0 Å². The van der Waals surface area contributed by atoms with Crippen molar-refractivity contribution >= 4 is 16.7 Å². The first-order chi connectivity index (χ1) is 8.09. The zero-order valence-electron chi connectivity index (χ0n) is 9.77. The standard InChI is InChI=1S/C14H14O3/c1-9(2)17-12-8-7-10-5-3-4-6-11(10)13(12)14(15)16/h3-9H,1-2H3,(H,15,16)/p-1. The molecule has 0 unspecified atom stereocenters. The number of aromatic carboxylic acids is 1. The Hall–Kier alpha value is -2.03. The Kier molecular flexibility index (Phi) is 3.00. The zero-order chi connectivity index (χ0) is 12.4. The number of carbonyl (C=O) groups is 1. The third-order valence-corrected chi connectivity index (χ3v) is 2.46. The van der Waals surface area contributed by atoms with Crippen molar-refractivity contribution in [2.75, 3.05) is 0 Å². The van der Waals surface area contributed by atoms with Gasteiger partial charge in [-0.2, -0.15) is 0 Å². The molecule has 0 saturated carbocycles. The Labute approximate surface area is 99.6 Å². The summed E-state index contributed by atoms with van der Waals surface area (Å²) >= 11 is 0. The molecule has 3 nitrogen and oxygen atoms in total. The van der Waals surface area contributed by atoms with Crippen LogP contribution >= 0.6 is 0 Å². The van der Waals surface area contributed by atoms with Crippen LogP contribution in [0.3, 0.4) is 0 Å². The molecule has 0 fully saturated rings. The Morgan fingerprint density at radius 3 is 2.53 bits per heavy atom. The highest BCUT2D eigenvalue weighted by molar-refractivity contribution is 6.05. The summed E-state index contributed by atoms with van der Waals surface area (Å²) in [5.41, 5.74) is 0.122. The van der Waals surface area contributed by atoms with Crippen LogP contribution in [0.25, 0.3) is 10.8 Å². The number of carboxylic acid groups (broad SMARTS) is 1. The molecular weight excluding hydrogens is 216 g/mol. The van der Waals surface area contributed by atoms with Crippen molar-refractivity contribution in [2.45, 2.75) is 20.0 Å². The van der Waals surface area contributed by atoms with E-state index in [1.54, 1.807) is 18.2 Å². The lowest BCUT2D eigenvalue weighted by Gasteiger charge is -2.16. The van der Waals surface area contributed by atoms with Gasteiger partial charge in [0, 0.05) is 5.56 Å². The maximum absolute atomic E-state index is 11.2. The maximum Gasteiger partial charge on any atom is 0.129 e. The molecule has 0 atom stereocenters. The van der Waals surface area contributed by atoms with Gasteiger partial charge in [-0.05, 0) is 30.7 Å². The van der Waals surface area contributed by atoms with E-state index in [9.17, 15) is 9.90 Å². The summed E-state index contributed by atoms with van der Waals surface area (Å²) in [6, 6.07) is 10.8. The molecule has 0 spiro atoms. The fourth-order valence-electron chi connectivity index (χ4n) is 1.81. The highest BCUT2D eigenvalue weighted by Gasteiger charge is 2.10. The number of ether oxygens (including phenoxy) is 1. The van der Waals surface area contributed by atoms with Crippen molar-refractivity contribution in [3.8, 4) is 5.75 Å². The molecule has 0 N–H and O–H groups in total. The highest BCUT2D eigenvalue weighted by Crippen LogP contribution is 2.28. The van der Waals surface area contributed by atoms with Crippen LogP contribution in [-0.4, -0.2) is 12.1 Å². The van der Waals surface area contributed by atoms with Gasteiger partial charge >= 0.3 is 0 Å². The molecular formula is C14H13O3-.